The third-order valence-electron chi connectivity index (χ3n) is 4.72. The molecule has 7 heteroatoms. The quantitative estimate of drug-likeness (QED) is 0.333. The van der Waals surface area contributed by atoms with E-state index in [0.717, 1.165) is 16.6 Å². The van der Waals surface area contributed by atoms with Crippen molar-refractivity contribution >= 4 is 45.9 Å². The fourth-order valence-corrected chi connectivity index (χ4v) is 3.54. The molecule has 0 aliphatic heterocycles. The van der Waals surface area contributed by atoms with Crippen LogP contribution in [0.3, 0.4) is 0 Å². The van der Waals surface area contributed by atoms with Crippen molar-refractivity contribution in [3.63, 3.8) is 0 Å². The van der Waals surface area contributed by atoms with Gasteiger partial charge in [-0.1, -0.05) is 35.3 Å². The van der Waals surface area contributed by atoms with Crippen LogP contribution in [-0.2, 0) is 6.61 Å². The number of fused-ring (bicyclic) bond motifs is 1. The fourth-order valence-electron chi connectivity index (χ4n) is 3.14. The molecule has 4 nitrogen and oxygen atoms in total. The molecule has 1 aromatic heterocycles. The summed E-state index contributed by atoms with van der Waals surface area (Å²) in [5, 5.41) is 10.5. The van der Waals surface area contributed by atoms with E-state index in [9.17, 15) is 9.65 Å². The zero-order valence-electron chi connectivity index (χ0n) is 16.4. The van der Waals surface area contributed by atoms with Crippen molar-refractivity contribution in [2.75, 3.05) is 0 Å². The van der Waals surface area contributed by atoms with Gasteiger partial charge in [-0.3, -0.25) is 0 Å². The number of H-pyrrole nitrogens is 1. The molecule has 0 unspecified atom stereocenters. The number of nitrogens with zero attached hydrogens (tertiary/aromatic N) is 2. The summed E-state index contributed by atoms with van der Waals surface area (Å²) in [6.45, 7) is 1.91. The zero-order chi connectivity index (χ0) is 22.0. The van der Waals surface area contributed by atoms with Gasteiger partial charge in [0.25, 0.3) is 0 Å². The van der Waals surface area contributed by atoms with Crippen LogP contribution in [0, 0.1) is 24.1 Å². The predicted octanol–water partition coefficient (Wildman–Crippen LogP) is 6.96. The average molecular weight is 452 g/mol. The predicted molar refractivity (Wildman–Crippen MR) is 122 cm³/mol. The summed E-state index contributed by atoms with van der Waals surface area (Å²) < 4.78 is 19.9. The minimum atomic E-state index is -0.450. The first-order chi connectivity index (χ1) is 14.9. The third kappa shape index (κ3) is 4.56. The van der Waals surface area contributed by atoms with Crippen molar-refractivity contribution < 1.29 is 9.13 Å². The number of ether oxygens (including phenoxy) is 1. The topological polar surface area (TPSA) is 61.7 Å². The van der Waals surface area contributed by atoms with Crippen molar-refractivity contribution in [3.8, 4) is 11.8 Å². The summed E-state index contributed by atoms with van der Waals surface area (Å²) in [6, 6.07) is 17.4. The SMILES string of the molecule is Cc1ccc2nc(/C(C#N)=C/c3cc(Cl)ccc3OCc3c(F)cccc3Cl)[nH]c2c1. The number of imidazole rings is 1. The van der Waals surface area contributed by atoms with Crippen molar-refractivity contribution in [2.24, 2.45) is 0 Å². The normalized spacial score (nSPS) is 11.5. The summed E-state index contributed by atoms with van der Waals surface area (Å²) in [5.41, 5.74) is 3.81. The van der Waals surface area contributed by atoms with Gasteiger partial charge in [0.1, 0.15) is 30.1 Å². The number of halogens is 3. The highest BCUT2D eigenvalue weighted by molar-refractivity contribution is 6.31. The molecule has 0 aliphatic rings. The largest absolute Gasteiger partial charge is 0.488 e. The van der Waals surface area contributed by atoms with Gasteiger partial charge in [0, 0.05) is 16.1 Å². The summed E-state index contributed by atoms with van der Waals surface area (Å²) in [6.07, 6.45) is 1.63. The molecule has 1 N–H and O–H groups in total. The van der Waals surface area contributed by atoms with Crippen LogP contribution < -0.4 is 4.74 Å². The van der Waals surface area contributed by atoms with E-state index in [4.69, 9.17) is 27.9 Å². The monoisotopic (exact) mass is 451 g/mol. The summed E-state index contributed by atoms with van der Waals surface area (Å²) >= 11 is 12.3. The Labute approximate surface area is 188 Å². The standard InChI is InChI=1S/C24H16Cl2FN3O/c1-14-5-7-21-22(9-14)30-24(29-21)16(12-28)10-15-11-17(25)6-8-23(15)31-13-18-19(26)3-2-4-20(18)27/h2-11H,13H2,1H3,(H,29,30)/b16-10+. The maximum atomic E-state index is 14.1. The molecule has 1 heterocycles. The Morgan fingerprint density at radius 3 is 2.81 bits per heavy atom. The Kier molecular flexibility index (Phi) is 5.94. The van der Waals surface area contributed by atoms with Crippen LogP contribution in [-0.4, -0.2) is 9.97 Å². The number of benzene rings is 3. The van der Waals surface area contributed by atoms with Crippen LogP contribution in [0.15, 0.2) is 54.6 Å². The van der Waals surface area contributed by atoms with Crippen LogP contribution >= 0.6 is 23.2 Å². The number of allylic oxidation sites excluding steroid dienone is 1. The molecule has 0 amide bonds. The Morgan fingerprint density at radius 2 is 2.03 bits per heavy atom. The fraction of sp³-hybridized carbons (Fsp3) is 0.0833. The molecule has 0 spiro atoms. The highest BCUT2D eigenvalue weighted by Gasteiger charge is 2.13. The van der Waals surface area contributed by atoms with E-state index in [1.54, 1.807) is 30.3 Å². The van der Waals surface area contributed by atoms with Crippen molar-refractivity contribution in [1.82, 2.24) is 9.97 Å². The summed E-state index contributed by atoms with van der Waals surface area (Å²) in [7, 11) is 0. The number of aromatic nitrogens is 2. The highest BCUT2D eigenvalue weighted by Crippen LogP contribution is 2.29. The molecule has 0 saturated carbocycles. The lowest BCUT2D eigenvalue weighted by molar-refractivity contribution is 0.299. The van der Waals surface area contributed by atoms with Crippen molar-refractivity contribution in [3.05, 3.63) is 93.0 Å². The molecule has 0 saturated heterocycles. The molecule has 0 atom stereocenters. The number of hydrogen-bond donors (Lipinski definition) is 1. The van der Waals surface area contributed by atoms with E-state index in [-0.39, 0.29) is 17.2 Å². The zero-order valence-corrected chi connectivity index (χ0v) is 17.9. The molecule has 31 heavy (non-hydrogen) atoms. The first-order valence-electron chi connectivity index (χ1n) is 9.38. The van der Waals surface area contributed by atoms with Crippen LogP contribution in [0.4, 0.5) is 4.39 Å². The number of aromatic amines is 1. The van der Waals surface area contributed by atoms with Gasteiger partial charge in [0.2, 0.25) is 0 Å². The average Bonchev–Trinajstić information content (AvgIpc) is 3.15. The number of nitriles is 1. The van der Waals surface area contributed by atoms with Gasteiger partial charge >= 0.3 is 0 Å². The molecule has 0 bridgehead atoms. The van der Waals surface area contributed by atoms with Gasteiger partial charge < -0.3 is 9.72 Å². The Hall–Kier alpha value is -3.33. The first-order valence-corrected chi connectivity index (χ1v) is 10.1. The van der Waals surface area contributed by atoms with E-state index in [1.165, 1.54) is 12.1 Å². The van der Waals surface area contributed by atoms with E-state index in [1.807, 2.05) is 25.1 Å². The lowest BCUT2D eigenvalue weighted by Gasteiger charge is -2.12. The van der Waals surface area contributed by atoms with E-state index >= 15 is 0 Å². The van der Waals surface area contributed by atoms with E-state index < -0.39 is 5.82 Å². The minimum absolute atomic E-state index is 0.0697. The molecule has 4 rings (SSSR count). The van der Waals surface area contributed by atoms with Gasteiger partial charge in [-0.05, 0) is 61.0 Å². The van der Waals surface area contributed by atoms with Gasteiger partial charge in [-0.2, -0.15) is 5.26 Å². The number of nitrogens with one attached hydrogen (secondary N) is 1. The molecule has 3 aromatic carbocycles. The van der Waals surface area contributed by atoms with Crippen LogP contribution in [0.5, 0.6) is 5.75 Å². The van der Waals surface area contributed by atoms with E-state index in [2.05, 4.69) is 16.0 Å². The molecule has 0 fully saturated rings. The number of aryl methyl sites for hydroxylation is 1. The van der Waals surface area contributed by atoms with Crippen LogP contribution in [0.1, 0.15) is 22.5 Å². The molecular formula is C24H16Cl2FN3O. The van der Waals surface area contributed by atoms with Gasteiger partial charge in [-0.15, -0.1) is 0 Å². The lowest BCUT2D eigenvalue weighted by Crippen LogP contribution is -2.01. The number of hydrogen-bond acceptors (Lipinski definition) is 3. The molecule has 0 radical (unpaired) electrons. The second kappa shape index (κ2) is 8.81. The number of rotatable bonds is 5. The summed E-state index contributed by atoms with van der Waals surface area (Å²) in [5.74, 6) is 0.420. The Bertz CT molecular complexity index is 1330. The highest BCUT2D eigenvalue weighted by atomic mass is 35.5. The van der Waals surface area contributed by atoms with Crippen molar-refractivity contribution in [1.29, 1.82) is 5.26 Å². The smallest absolute Gasteiger partial charge is 0.149 e. The maximum Gasteiger partial charge on any atom is 0.149 e. The summed E-state index contributed by atoms with van der Waals surface area (Å²) in [4.78, 5) is 7.67. The second-order valence-electron chi connectivity index (χ2n) is 6.95. The lowest BCUT2D eigenvalue weighted by atomic mass is 10.1. The first kappa shape index (κ1) is 20.9. The van der Waals surface area contributed by atoms with Gasteiger partial charge in [0.15, 0.2) is 0 Å². The third-order valence-corrected chi connectivity index (χ3v) is 5.31. The Balaban J connectivity index is 1.70. The van der Waals surface area contributed by atoms with Crippen LogP contribution in [0.2, 0.25) is 10.0 Å². The molecule has 4 aromatic rings. The van der Waals surface area contributed by atoms with Gasteiger partial charge in [0.05, 0.1) is 21.6 Å². The molecule has 154 valence electrons. The second-order valence-corrected chi connectivity index (χ2v) is 7.79. The minimum Gasteiger partial charge on any atom is -0.488 e. The van der Waals surface area contributed by atoms with Crippen LogP contribution in [0.25, 0.3) is 22.7 Å². The molecule has 0 aliphatic carbocycles. The van der Waals surface area contributed by atoms with Crippen molar-refractivity contribution in [2.45, 2.75) is 13.5 Å². The Morgan fingerprint density at radius 1 is 1.19 bits per heavy atom. The van der Waals surface area contributed by atoms with Gasteiger partial charge in [-0.25, -0.2) is 9.37 Å². The maximum absolute atomic E-state index is 14.1. The van der Waals surface area contributed by atoms with E-state index in [0.29, 0.717) is 27.7 Å². The molecular weight excluding hydrogens is 436 g/mol.